The van der Waals surface area contributed by atoms with Crippen molar-refractivity contribution in [3.8, 4) is 11.3 Å². The van der Waals surface area contributed by atoms with Crippen LogP contribution in [0.5, 0.6) is 0 Å². The second-order valence-corrected chi connectivity index (χ2v) is 7.39. The summed E-state index contributed by atoms with van der Waals surface area (Å²) in [4.78, 5) is 19.3. The molecule has 1 aliphatic heterocycles. The van der Waals surface area contributed by atoms with Crippen LogP contribution in [0.1, 0.15) is 36.4 Å². The highest BCUT2D eigenvalue weighted by Crippen LogP contribution is 2.25. The van der Waals surface area contributed by atoms with E-state index in [1.54, 1.807) is 6.20 Å². The Morgan fingerprint density at radius 2 is 1.87 bits per heavy atom. The van der Waals surface area contributed by atoms with Crippen LogP contribution in [0.4, 0.5) is 0 Å². The maximum absolute atomic E-state index is 13.0. The van der Waals surface area contributed by atoms with Crippen molar-refractivity contribution in [2.24, 2.45) is 0 Å². The van der Waals surface area contributed by atoms with Crippen LogP contribution in [0.3, 0.4) is 0 Å². The van der Waals surface area contributed by atoms with Gasteiger partial charge in [0.25, 0.3) is 0 Å². The molecule has 1 atom stereocenters. The number of halogens is 2. The van der Waals surface area contributed by atoms with Gasteiger partial charge in [-0.15, -0.1) is 24.8 Å². The molecule has 166 valence electrons. The molecule has 1 aliphatic rings. The number of nitrogens with one attached hydrogen (secondary N) is 1. The zero-order valence-corrected chi connectivity index (χ0v) is 19.3. The Labute approximate surface area is 196 Å². The number of piperazine rings is 1. The third-order valence-corrected chi connectivity index (χ3v) is 5.50. The van der Waals surface area contributed by atoms with Gasteiger partial charge in [-0.25, -0.2) is 4.98 Å². The van der Waals surface area contributed by atoms with E-state index in [1.165, 1.54) is 11.1 Å². The Morgan fingerprint density at radius 3 is 2.58 bits per heavy atom. The molecule has 0 saturated carbocycles. The van der Waals surface area contributed by atoms with Crippen LogP contribution in [-0.2, 0) is 17.6 Å². The van der Waals surface area contributed by atoms with Crippen LogP contribution >= 0.6 is 24.8 Å². The van der Waals surface area contributed by atoms with Crippen LogP contribution in [0, 0.1) is 0 Å². The number of aryl methyl sites for hydroxylation is 2. The molecule has 0 spiro atoms. The minimum Gasteiger partial charge on any atom is -0.441 e. The Balaban J connectivity index is 0.00000171. The van der Waals surface area contributed by atoms with Crippen LogP contribution in [0.15, 0.2) is 65.2 Å². The molecule has 31 heavy (non-hydrogen) atoms. The van der Waals surface area contributed by atoms with E-state index in [9.17, 15) is 4.79 Å². The minimum atomic E-state index is 0. The maximum atomic E-state index is 13.0. The number of aromatic nitrogens is 1. The van der Waals surface area contributed by atoms with Crippen molar-refractivity contribution < 1.29 is 9.21 Å². The highest BCUT2D eigenvalue weighted by molar-refractivity contribution is 5.85. The number of carbonyl (C=O) groups is 1. The van der Waals surface area contributed by atoms with E-state index in [4.69, 9.17) is 4.42 Å². The van der Waals surface area contributed by atoms with Gasteiger partial charge in [0.2, 0.25) is 5.91 Å². The molecule has 5 nitrogen and oxygen atoms in total. The van der Waals surface area contributed by atoms with E-state index in [2.05, 4.69) is 41.5 Å². The molecule has 0 aliphatic carbocycles. The third kappa shape index (κ3) is 6.10. The molecule has 7 heteroatoms. The molecule has 1 N–H and O–H groups in total. The summed E-state index contributed by atoms with van der Waals surface area (Å²) < 4.78 is 5.85. The molecule has 3 aromatic rings. The first-order valence-electron chi connectivity index (χ1n) is 10.3. The number of nitrogens with zero attached hydrogens (tertiary/aromatic N) is 2. The Bertz CT molecular complexity index is 945. The van der Waals surface area contributed by atoms with Crippen molar-refractivity contribution in [2.45, 2.75) is 32.2 Å². The number of benzene rings is 2. The van der Waals surface area contributed by atoms with Gasteiger partial charge in [-0.1, -0.05) is 61.5 Å². The molecule has 1 saturated heterocycles. The summed E-state index contributed by atoms with van der Waals surface area (Å²) in [6, 6.07) is 18.6. The van der Waals surface area contributed by atoms with Gasteiger partial charge in [0.15, 0.2) is 11.7 Å². The Hall–Kier alpha value is -2.34. The second-order valence-electron chi connectivity index (χ2n) is 7.39. The molecule has 0 bridgehead atoms. The summed E-state index contributed by atoms with van der Waals surface area (Å²) in [5.74, 6) is 1.50. The predicted octanol–water partition coefficient (Wildman–Crippen LogP) is 4.85. The Morgan fingerprint density at radius 1 is 1.13 bits per heavy atom. The van der Waals surface area contributed by atoms with Crippen LogP contribution in [-0.4, -0.2) is 35.4 Å². The number of hydrogen-bond donors (Lipinski definition) is 1. The zero-order chi connectivity index (χ0) is 20.1. The van der Waals surface area contributed by atoms with E-state index < -0.39 is 0 Å². The number of hydrogen-bond acceptors (Lipinski definition) is 4. The number of oxazole rings is 1. The van der Waals surface area contributed by atoms with Crippen molar-refractivity contribution in [1.82, 2.24) is 15.2 Å². The molecule has 0 radical (unpaired) electrons. The van der Waals surface area contributed by atoms with Crippen molar-refractivity contribution in [1.29, 1.82) is 0 Å². The number of rotatable bonds is 6. The first-order valence-corrected chi connectivity index (χ1v) is 10.3. The Kier molecular flexibility index (Phi) is 9.56. The number of carbonyl (C=O) groups excluding carboxylic acids is 1. The van der Waals surface area contributed by atoms with Gasteiger partial charge >= 0.3 is 0 Å². The molecular formula is C24H29Cl2N3O2. The van der Waals surface area contributed by atoms with Gasteiger partial charge in [-0.05, 0) is 17.5 Å². The molecule has 2 aromatic carbocycles. The lowest BCUT2D eigenvalue weighted by Gasteiger charge is -2.36. The smallest absolute Gasteiger partial charge is 0.223 e. The average molecular weight is 462 g/mol. The van der Waals surface area contributed by atoms with Gasteiger partial charge in [-0.3, -0.25) is 4.79 Å². The summed E-state index contributed by atoms with van der Waals surface area (Å²) in [6.07, 6.45) is 3.67. The molecule has 1 amide bonds. The molecule has 2 heterocycles. The van der Waals surface area contributed by atoms with Crippen LogP contribution in [0.2, 0.25) is 0 Å². The van der Waals surface area contributed by atoms with Crippen molar-refractivity contribution in [3.63, 3.8) is 0 Å². The summed E-state index contributed by atoms with van der Waals surface area (Å²) in [6.45, 7) is 4.49. The second kappa shape index (κ2) is 11.9. The van der Waals surface area contributed by atoms with Gasteiger partial charge in [-0.2, -0.15) is 0 Å². The summed E-state index contributed by atoms with van der Waals surface area (Å²) >= 11 is 0. The van der Waals surface area contributed by atoms with E-state index in [0.29, 0.717) is 18.7 Å². The fourth-order valence-electron chi connectivity index (χ4n) is 3.80. The summed E-state index contributed by atoms with van der Waals surface area (Å²) in [5.41, 5.74) is 3.49. The molecule has 1 aromatic heterocycles. The SMILES string of the molecule is CCc1ccc(C2CNCCN2C(=O)CCc2ncc(-c3ccccc3)o2)cc1.Cl.Cl. The fraction of sp³-hybridized carbons (Fsp3) is 0.333. The van der Waals surface area contributed by atoms with Gasteiger partial charge in [0.1, 0.15) is 0 Å². The lowest BCUT2D eigenvalue weighted by atomic mass is 10.0. The maximum Gasteiger partial charge on any atom is 0.223 e. The standard InChI is InChI=1S/C24H27N3O2.2ClH/c1-2-18-8-10-19(11-9-18)21-16-25-14-15-27(21)24(28)13-12-23-26-17-22(29-23)20-6-4-3-5-7-20;;/h3-11,17,21,25H,2,12-16H2,1H3;2*1H. The monoisotopic (exact) mass is 461 g/mol. The highest BCUT2D eigenvalue weighted by Gasteiger charge is 2.27. The topological polar surface area (TPSA) is 58.4 Å². The fourth-order valence-corrected chi connectivity index (χ4v) is 3.80. The van der Waals surface area contributed by atoms with E-state index in [-0.39, 0.29) is 36.8 Å². The van der Waals surface area contributed by atoms with Gasteiger partial charge < -0.3 is 14.6 Å². The molecule has 4 rings (SSSR count). The first kappa shape index (κ1) is 24.9. The third-order valence-electron chi connectivity index (χ3n) is 5.50. The van der Waals surface area contributed by atoms with E-state index in [0.717, 1.165) is 37.4 Å². The lowest BCUT2D eigenvalue weighted by molar-refractivity contribution is -0.134. The molecule has 1 unspecified atom stereocenters. The van der Waals surface area contributed by atoms with Crippen LogP contribution < -0.4 is 5.32 Å². The lowest BCUT2D eigenvalue weighted by Crippen LogP contribution is -2.48. The largest absolute Gasteiger partial charge is 0.441 e. The predicted molar refractivity (Wildman–Crippen MR) is 128 cm³/mol. The quantitative estimate of drug-likeness (QED) is 0.569. The normalized spacial score (nSPS) is 15.6. The van der Waals surface area contributed by atoms with Crippen LogP contribution in [0.25, 0.3) is 11.3 Å². The van der Waals surface area contributed by atoms with Crippen molar-refractivity contribution in [2.75, 3.05) is 19.6 Å². The van der Waals surface area contributed by atoms with E-state index >= 15 is 0 Å². The van der Waals surface area contributed by atoms with E-state index in [1.807, 2.05) is 35.2 Å². The van der Waals surface area contributed by atoms with Crippen molar-refractivity contribution >= 4 is 30.7 Å². The minimum absolute atomic E-state index is 0. The summed E-state index contributed by atoms with van der Waals surface area (Å²) in [5, 5.41) is 3.42. The zero-order valence-electron chi connectivity index (χ0n) is 17.6. The highest BCUT2D eigenvalue weighted by atomic mass is 35.5. The van der Waals surface area contributed by atoms with Gasteiger partial charge in [0, 0.05) is 38.0 Å². The number of amides is 1. The summed E-state index contributed by atoms with van der Waals surface area (Å²) in [7, 11) is 0. The molecule has 1 fully saturated rings. The first-order chi connectivity index (χ1) is 14.2. The van der Waals surface area contributed by atoms with Gasteiger partial charge in [0.05, 0.1) is 12.2 Å². The molecular weight excluding hydrogens is 433 g/mol. The van der Waals surface area contributed by atoms with Crippen molar-refractivity contribution in [3.05, 3.63) is 77.8 Å². The average Bonchev–Trinajstić information content (AvgIpc) is 3.27.